The van der Waals surface area contributed by atoms with Gasteiger partial charge in [-0.25, -0.2) is 0 Å². The molecular weight excluding hydrogens is 262 g/mol. The molecular formula is C10H14ClN3O2S. The maximum Gasteiger partial charge on any atom is 0.207 e. The lowest BCUT2D eigenvalue weighted by molar-refractivity contribution is -0.185. The third-order valence-electron chi connectivity index (χ3n) is 3.23. The molecule has 94 valence electrons. The Hall–Kier alpha value is -0.270. The maximum absolute atomic E-state index is 5.76. The van der Waals surface area contributed by atoms with Gasteiger partial charge in [-0.1, -0.05) is 11.3 Å². The average Bonchev–Trinajstić information content (AvgIpc) is 2.93. The highest BCUT2D eigenvalue weighted by Gasteiger charge is 2.39. The van der Waals surface area contributed by atoms with Crippen LogP contribution in [-0.4, -0.2) is 47.2 Å². The fraction of sp³-hybridized carbons (Fsp3) is 0.800. The molecule has 1 aromatic rings. The molecule has 0 N–H and O–H groups in total. The van der Waals surface area contributed by atoms with Crippen LogP contribution in [0, 0.1) is 0 Å². The number of rotatable bonds is 2. The highest BCUT2D eigenvalue weighted by atomic mass is 35.5. The van der Waals surface area contributed by atoms with E-state index in [0.29, 0.717) is 4.47 Å². The Balaban J connectivity index is 1.54. The number of ether oxygens (including phenoxy) is 2. The van der Waals surface area contributed by atoms with E-state index in [2.05, 4.69) is 15.1 Å². The second-order valence-electron chi connectivity index (χ2n) is 4.33. The number of nitrogens with zero attached hydrogens (tertiary/aromatic N) is 3. The number of likely N-dealkylation sites (tertiary alicyclic amines) is 1. The normalized spacial score (nSPS) is 24.5. The Morgan fingerprint density at radius 1 is 1.24 bits per heavy atom. The topological polar surface area (TPSA) is 47.5 Å². The van der Waals surface area contributed by atoms with E-state index in [4.69, 9.17) is 21.1 Å². The molecule has 0 aliphatic carbocycles. The first-order chi connectivity index (χ1) is 8.26. The van der Waals surface area contributed by atoms with E-state index >= 15 is 0 Å². The quantitative estimate of drug-likeness (QED) is 0.819. The zero-order valence-corrected chi connectivity index (χ0v) is 11.0. The van der Waals surface area contributed by atoms with Crippen molar-refractivity contribution in [2.75, 3.05) is 26.3 Å². The summed E-state index contributed by atoms with van der Waals surface area (Å²) in [5.41, 5.74) is 0. The minimum absolute atomic E-state index is 0.296. The molecule has 1 aromatic heterocycles. The highest BCUT2D eigenvalue weighted by Crippen LogP contribution is 2.31. The van der Waals surface area contributed by atoms with Crippen molar-refractivity contribution in [3.05, 3.63) is 9.47 Å². The van der Waals surface area contributed by atoms with Gasteiger partial charge in [0.15, 0.2) is 5.79 Å². The smallest absolute Gasteiger partial charge is 0.207 e. The zero-order chi connectivity index (χ0) is 11.7. The zero-order valence-electron chi connectivity index (χ0n) is 9.39. The van der Waals surface area contributed by atoms with Crippen LogP contribution in [0.3, 0.4) is 0 Å². The standard InChI is InChI=1S/C10H14ClN3O2S/c11-9-13-12-8(17-9)7-14-3-1-10(2-4-14)15-5-6-16-10/h1-7H2. The van der Waals surface area contributed by atoms with Gasteiger partial charge in [0.1, 0.15) is 5.01 Å². The third kappa shape index (κ3) is 2.61. The lowest BCUT2D eigenvalue weighted by atomic mass is 10.0. The number of aromatic nitrogens is 2. The maximum atomic E-state index is 5.76. The second-order valence-corrected chi connectivity index (χ2v) is 5.98. The van der Waals surface area contributed by atoms with Crippen LogP contribution in [0.4, 0.5) is 0 Å². The summed E-state index contributed by atoms with van der Waals surface area (Å²) in [6.45, 7) is 4.22. The molecule has 1 spiro atoms. The van der Waals surface area contributed by atoms with Gasteiger partial charge in [0.25, 0.3) is 0 Å². The molecule has 0 saturated carbocycles. The van der Waals surface area contributed by atoms with Gasteiger partial charge in [-0.15, -0.1) is 10.2 Å². The van der Waals surface area contributed by atoms with Crippen LogP contribution in [0.1, 0.15) is 17.8 Å². The lowest BCUT2D eigenvalue weighted by Gasteiger charge is -2.37. The van der Waals surface area contributed by atoms with Gasteiger partial charge in [-0.3, -0.25) is 4.90 Å². The number of hydrogen-bond donors (Lipinski definition) is 0. The lowest BCUT2D eigenvalue weighted by Crippen LogP contribution is -2.44. The highest BCUT2D eigenvalue weighted by molar-refractivity contribution is 7.15. The summed E-state index contributed by atoms with van der Waals surface area (Å²) >= 11 is 7.21. The van der Waals surface area contributed by atoms with E-state index in [1.54, 1.807) is 0 Å². The summed E-state index contributed by atoms with van der Waals surface area (Å²) in [5, 5.41) is 8.81. The predicted octanol–water partition coefficient (Wildman–Crippen LogP) is 1.53. The monoisotopic (exact) mass is 275 g/mol. The van der Waals surface area contributed by atoms with Crippen LogP contribution in [0.5, 0.6) is 0 Å². The predicted molar refractivity (Wildman–Crippen MR) is 64.1 cm³/mol. The molecule has 2 aliphatic heterocycles. The summed E-state index contributed by atoms with van der Waals surface area (Å²) in [4.78, 5) is 2.34. The summed E-state index contributed by atoms with van der Waals surface area (Å²) in [6, 6.07) is 0. The average molecular weight is 276 g/mol. The first-order valence-electron chi connectivity index (χ1n) is 5.74. The Kier molecular flexibility index (Phi) is 3.32. The fourth-order valence-corrected chi connectivity index (χ4v) is 3.24. The largest absolute Gasteiger partial charge is 0.347 e. The van der Waals surface area contributed by atoms with Crippen molar-refractivity contribution in [2.45, 2.75) is 25.2 Å². The Morgan fingerprint density at radius 3 is 2.53 bits per heavy atom. The van der Waals surface area contributed by atoms with Crippen molar-refractivity contribution < 1.29 is 9.47 Å². The minimum atomic E-state index is -0.296. The van der Waals surface area contributed by atoms with E-state index in [9.17, 15) is 0 Å². The molecule has 0 amide bonds. The number of piperidine rings is 1. The van der Waals surface area contributed by atoms with Gasteiger partial charge in [-0.05, 0) is 11.6 Å². The van der Waals surface area contributed by atoms with Crippen molar-refractivity contribution >= 4 is 22.9 Å². The molecule has 0 radical (unpaired) electrons. The third-order valence-corrected chi connectivity index (χ3v) is 4.24. The van der Waals surface area contributed by atoms with Gasteiger partial charge in [0, 0.05) is 25.9 Å². The van der Waals surface area contributed by atoms with Gasteiger partial charge in [0.2, 0.25) is 4.47 Å². The second kappa shape index (κ2) is 4.78. The SMILES string of the molecule is Clc1nnc(CN2CCC3(CC2)OCCO3)s1. The molecule has 0 aromatic carbocycles. The summed E-state index contributed by atoms with van der Waals surface area (Å²) in [5.74, 6) is -0.296. The van der Waals surface area contributed by atoms with Crippen molar-refractivity contribution in [3.63, 3.8) is 0 Å². The molecule has 0 bridgehead atoms. The van der Waals surface area contributed by atoms with Crippen LogP contribution >= 0.6 is 22.9 Å². The van der Waals surface area contributed by atoms with Crippen LogP contribution in [0.15, 0.2) is 0 Å². The summed E-state index contributed by atoms with van der Waals surface area (Å²) in [6.07, 6.45) is 1.86. The molecule has 7 heteroatoms. The molecule has 0 atom stereocenters. The van der Waals surface area contributed by atoms with Crippen LogP contribution < -0.4 is 0 Å². The molecule has 2 saturated heterocycles. The summed E-state index contributed by atoms with van der Waals surface area (Å²) < 4.78 is 11.9. The van der Waals surface area contributed by atoms with Gasteiger partial charge >= 0.3 is 0 Å². The molecule has 2 fully saturated rings. The van der Waals surface area contributed by atoms with E-state index < -0.39 is 0 Å². The Bertz CT molecular complexity index is 385. The molecule has 5 nitrogen and oxygen atoms in total. The Labute approximate surface area is 109 Å². The minimum Gasteiger partial charge on any atom is -0.347 e. The van der Waals surface area contributed by atoms with Gasteiger partial charge in [0.05, 0.1) is 19.8 Å². The van der Waals surface area contributed by atoms with E-state index in [1.165, 1.54) is 11.3 Å². The first-order valence-corrected chi connectivity index (χ1v) is 6.93. The van der Waals surface area contributed by atoms with Crippen molar-refractivity contribution in [1.29, 1.82) is 0 Å². The van der Waals surface area contributed by atoms with Crippen molar-refractivity contribution in [3.8, 4) is 0 Å². The van der Waals surface area contributed by atoms with Gasteiger partial charge < -0.3 is 9.47 Å². The van der Waals surface area contributed by atoms with Crippen LogP contribution in [0.2, 0.25) is 4.47 Å². The van der Waals surface area contributed by atoms with Crippen molar-refractivity contribution in [1.82, 2.24) is 15.1 Å². The molecule has 3 rings (SSSR count). The van der Waals surface area contributed by atoms with E-state index in [1.807, 2.05) is 0 Å². The summed E-state index contributed by atoms with van der Waals surface area (Å²) in [7, 11) is 0. The Morgan fingerprint density at radius 2 is 1.94 bits per heavy atom. The van der Waals surface area contributed by atoms with Gasteiger partial charge in [-0.2, -0.15) is 0 Å². The fourth-order valence-electron chi connectivity index (χ4n) is 2.33. The first kappa shape index (κ1) is 11.8. The van der Waals surface area contributed by atoms with E-state index in [0.717, 1.165) is 50.7 Å². The van der Waals surface area contributed by atoms with Crippen molar-refractivity contribution in [2.24, 2.45) is 0 Å². The number of halogens is 1. The molecule has 2 aliphatic rings. The van der Waals surface area contributed by atoms with Crippen LogP contribution in [0.25, 0.3) is 0 Å². The molecule has 17 heavy (non-hydrogen) atoms. The van der Waals surface area contributed by atoms with E-state index in [-0.39, 0.29) is 5.79 Å². The molecule has 3 heterocycles. The molecule has 0 unspecified atom stereocenters. The van der Waals surface area contributed by atoms with Crippen LogP contribution in [-0.2, 0) is 16.0 Å². The number of hydrogen-bond acceptors (Lipinski definition) is 6.